The summed E-state index contributed by atoms with van der Waals surface area (Å²) in [5.74, 6) is -0.0382. The van der Waals surface area contributed by atoms with Gasteiger partial charge >= 0.3 is 0 Å². The van der Waals surface area contributed by atoms with Gasteiger partial charge in [-0.3, -0.25) is 4.79 Å². The van der Waals surface area contributed by atoms with Gasteiger partial charge in [-0.05, 0) is 73.1 Å². The summed E-state index contributed by atoms with van der Waals surface area (Å²) in [6.07, 6.45) is 0.593. The number of allylic oxidation sites excluding steroid dienone is 2. The van der Waals surface area contributed by atoms with E-state index < -0.39 is 15.3 Å². The molecule has 0 fully saturated rings. The molecule has 0 bridgehead atoms. The van der Waals surface area contributed by atoms with E-state index in [0.717, 1.165) is 22.3 Å². The van der Waals surface area contributed by atoms with Crippen molar-refractivity contribution in [3.8, 4) is 6.07 Å². The number of hydrogen-bond donors (Lipinski definition) is 0. The molecular formula is C24H24N2O3S. The summed E-state index contributed by atoms with van der Waals surface area (Å²) in [5.41, 5.74) is 4.96. The molecular weight excluding hydrogens is 396 g/mol. The standard InChI is InChI=1S/C24H24N2O3S/c1-24(2)20-13-17(30(28,29)10-9-26(3)4)6-8-19(20)23(27)22-18-7-5-15(14-25)11-16(18)12-21(22)24/h5-8,11,13H,9-10,12H2,1-4H3. The summed E-state index contributed by atoms with van der Waals surface area (Å²) in [6, 6.07) is 12.5. The van der Waals surface area contributed by atoms with Crippen molar-refractivity contribution in [1.82, 2.24) is 4.90 Å². The van der Waals surface area contributed by atoms with Crippen molar-refractivity contribution in [2.75, 3.05) is 26.4 Å². The SMILES string of the molecule is CN(C)CCS(=O)(=O)c1ccc2c(c1)C(C)(C)C1=C(C2=O)c2ccc(C#N)cc2C1. The van der Waals surface area contributed by atoms with Crippen LogP contribution in [0.2, 0.25) is 0 Å². The molecule has 0 atom stereocenters. The highest BCUT2D eigenvalue weighted by molar-refractivity contribution is 7.91. The Labute approximate surface area is 177 Å². The van der Waals surface area contributed by atoms with Gasteiger partial charge in [0.2, 0.25) is 0 Å². The lowest BCUT2D eigenvalue weighted by Crippen LogP contribution is -2.30. The monoisotopic (exact) mass is 420 g/mol. The van der Waals surface area contributed by atoms with Gasteiger partial charge in [-0.1, -0.05) is 19.9 Å². The third-order valence-electron chi connectivity index (χ3n) is 6.23. The number of Topliss-reactive ketones (excluding diaryl/α,β-unsaturated/α-hetero) is 1. The highest BCUT2D eigenvalue weighted by Gasteiger charge is 2.43. The Morgan fingerprint density at radius 3 is 2.47 bits per heavy atom. The molecule has 2 aliphatic carbocycles. The molecule has 4 rings (SSSR count). The van der Waals surface area contributed by atoms with Gasteiger partial charge < -0.3 is 4.90 Å². The average Bonchev–Trinajstić information content (AvgIpc) is 3.10. The van der Waals surface area contributed by atoms with E-state index >= 15 is 0 Å². The fourth-order valence-electron chi connectivity index (χ4n) is 4.44. The second-order valence-corrected chi connectivity index (χ2v) is 10.9. The zero-order valence-electron chi connectivity index (χ0n) is 17.6. The second-order valence-electron chi connectivity index (χ2n) is 8.80. The molecule has 0 saturated heterocycles. The first kappa shape index (κ1) is 20.5. The number of carbonyl (C=O) groups is 1. The minimum absolute atomic E-state index is 0.0312. The molecule has 2 aliphatic rings. The van der Waals surface area contributed by atoms with Gasteiger partial charge in [-0.15, -0.1) is 0 Å². The van der Waals surface area contributed by atoms with Crippen LogP contribution in [0, 0.1) is 11.3 Å². The van der Waals surface area contributed by atoms with Crippen molar-refractivity contribution in [3.63, 3.8) is 0 Å². The van der Waals surface area contributed by atoms with Gasteiger partial charge in [0.1, 0.15) is 0 Å². The predicted octanol–water partition coefficient (Wildman–Crippen LogP) is 3.38. The zero-order chi connectivity index (χ0) is 21.8. The number of carbonyl (C=O) groups excluding carboxylic acids is 1. The highest BCUT2D eigenvalue weighted by Crippen LogP contribution is 2.50. The topological polar surface area (TPSA) is 78.2 Å². The van der Waals surface area contributed by atoms with Crippen LogP contribution in [0.1, 0.15) is 46.5 Å². The van der Waals surface area contributed by atoms with E-state index in [1.165, 1.54) is 0 Å². The van der Waals surface area contributed by atoms with Crippen LogP contribution in [-0.2, 0) is 21.7 Å². The molecule has 0 unspecified atom stereocenters. The maximum absolute atomic E-state index is 13.4. The lowest BCUT2D eigenvalue weighted by atomic mass is 9.68. The molecule has 0 amide bonds. The molecule has 2 aromatic rings. The number of fused-ring (bicyclic) bond motifs is 3. The minimum atomic E-state index is -3.45. The van der Waals surface area contributed by atoms with Crippen molar-refractivity contribution in [1.29, 1.82) is 5.26 Å². The number of nitrogens with zero attached hydrogens (tertiary/aromatic N) is 2. The summed E-state index contributed by atoms with van der Waals surface area (Å²) in [5, 5.41) is 9.22. The predicted molar refractivity (Wildman–Crippen MR) is 116 cm³/mol. The first-order valence-corrected chi connectivity index (χ1v) is 11.5. The number of benzene rings is 2. The van der Waals surface area contributed by atoms with Gasteiger partial charge in [-0.2, -0.15) is 5.26 Å². The van der Waals surface area contributed by atoms with E-state index in [1.54, 1.807) is 24.3 Å². The summed E-state index contributed by atoms with van der Waals surface area (Å²) in [6.45, 7) is 4.52. The quantitative estimate of drug-likeness (QED) is 0.758. The van der Waals surface area contributed by atoms with E-state index in [1.807, 2.05) is 45.0 Å². The number of ketones is 1. The molecule has 0 N–H and O–H groups in total. The number of rotatable bonds is 4. The molecule has 154 valence electrons. The summed E-state index contributed by atoms with van der Waals surface area (Å²) >= 11 is 0. The smallest absolute Gasteiger partial charge is 0.193 e. The van der Waals surface area contributed by atoms with Crippen molar-refractivity contribution in [2.45, 2.75) is 30.6 Å². The lowest BCUT2D eigenvalue weighted by molar-refractivity contribution is 0.105. The normalized spacial score (nSPS) is 16.9. The maximum atomic E-state index is 13.4. The van der Waals surface area contributed by atoms with Gasteiger partial charge in [-0.25, -0.2) is 8.42 Å². The Hall–Kier alpha value is -2.75. The van der Waals surface area contributed by atoms with Crippen LogP contribution in [0.15, 0.2) is 46.9 Å². The van der Waals surface area contributed by atoms with Crippen LogP contribution in [0.3, 0.4) is 0 Å². The van der Waals surface area contributed by atoms with Crippen molar-refractivity contribution in [2.24, 2.45) is 0 Å². The van der Waals surface area contributed by atoms with E-state index in [0.29, 0.717) is 29.7 Å². The Morgan fingerprint density at radius 2 is 1.80 bits per heavy atom. The number of nitriles is 1. The maximum Gasteiger partial charge on any atom is 0.193 e. The molecule has 0 radical (unpaired) electrons. The van der Waals surface area contributed by atoms with Crippen LogP contribution in [0.5, 0.6) is 0 Å². The fourth-order valence-corrected chi connectivity index (χ4v) is 5.85. The Bertz CT molecular complexity index is 1260. The molecule has 30 heavy (non-hydrogen) atoms. The number of hydrogen-bond acceptors (Lipinski definition) is 5. The Balaban J connectivity index is 1.81. The molecule has 0 aromatic heterocycles. The highest BCUT2D eigenvalue weighted by atomic mass is 32.2. The molecule has 0 saturated carbocycles. The van der Waals surface area contributed by atoms with Crippen LogP contribution in [-0.4, -0.2) is 45.5 Å². The molecule has 2 aromatic carbocycles. The van der Waals surface area contributed by atoms with Crippen LogP contribution < -0.4 is 0 Å². The third kappa shape index (κ3) is 3.10. The van der Waals surface area contributed by atoms with Crippen LogP contribution >= 0.6 is 0 Å². The molecule has 0 aliphatic heterocycles. The Kier molecular flexibility index (Phi) is 4.72. The van der Waals surface area contributed by atoms with Gasteiger partial charge in [0.25, 0.3) is 0 Å². The minimum Gasteiger partial charge on any atom is -0.308 e. The van der Waals surface area contributed by atoms with Crippen molar-refractivity contribution in [3.05, 3.63) is 69.8 Å². The average molecular weight is 421 g/mol. The molecule has 0 heterocycles. The van der Waals surface area contributed by atoms with E-state index in [2.05, 4.69) is 6.07 Å². The van der Waals surface area contributed by atoms with Gasteiger partial charge in [0, 0.05) is 23.1 Å². The largest absolute Gasteiger partial charge is 0.308 e. The summed E-state index contributed by atoms with van der Waals surface area (Å²) < 4.78 is 25.7. The van der Waals surface area contributed by atoms with Crippen molar-refractivity contribution >= 4 is 21.2 Å². The van der Waals surface area contributed by atoms with E-state index in [4.69, 9.17) is 0 Å². The third-order valence-corrected chi connectivity index (χ3v) is 7.92. The first-order valence-electron chi connectivity index (χ1n) is 9.90. The second kappa shape index (κ2) is 6.90. The van der Waals surface area contributed by atoms with Gasteiger partial charge in [0.15, 0.2) is 15.6 Å². The van der Waals surface area contributed by atoms with Gasteiger partial charge in [0.05, 0.1) is 22.3 Å². The molecule has 0 spiro atoms. The summed E-state index contributed by atoms with van der Waals surface area (Å²) in [7, 11) is 0.236. The molecule has 5 nitrogen and oxygen atoms in total. The van der Waals surface area contributed by atoms with E-state index in [-0.39, 0.29) is 16.4 Å². The number of sulfone groups is 1. The van der Waals surface area contributed by atoms with Crippen LogP contribution in [0.4, 0.5) is 0 Å². The van der Waals surface area contributed by atoms with Crippen molar-refractivity contribution < 1.29 is 13.2 Å². The van der Waals surface area contributed by atoms with Crippen LogP contribution in [0.25, 0.3) is 5.57 Å². The summed E-state index contributed by atoms with van der Waals surface area (Å²) in [4.78, 5) is 15.5. The Morgan fingerprint density at radius 1 is 1.10 bits per heavy atom. The fraction of sp³-hybridized carbons (Fsp3) is 0.333. The zero-order valence-corrected chi connectivity index (χ0v) is 18.4. The van der Waals surface area contributed by atoms with E-state index in [9.17, 15) is 18.5 Å². The first-order chi connectivity index (χ1) is 14.1. The lowest BCUT2D eigenvalue weighted by Gasteiger charge is -2.34. The molecule has 6 heteroatoms.